The third-order valence-electron chi connectivity index (χ3n) is 3.28. The van der Waals surface area contributed by atoms with E-state index in [0.717, 1.165) is 31.6 Å². The highest BCUT2D eigenvalue weighted by Crippen LogP contribution is 2.32. The lowest BCUT2D eigenvalue weighted by molar-refractivity contribution is -0.125. The van der Waals surface area contributed by atoms with Crippen molar-refractivity contribution in [1.29, 1.82) is 0 Å². The van der Waals surface area contributed by atoms with Gasteiger partial charge in [0.15, 0.2) is 5.78 Å². The Balaban J connectivity index is 1.95. The fourth-order valence-corrected chi connectivity index (χ4v) is 3.07. The van der Waals surface area contributed by atoms with Crippen molar-refractivity contribution in [3.05, 3.63) is 28.1 Å². The van der Waals surface area contributed by atoms with Crippen molar-refractivity contribution in [3.8, 4) is 0 Å². The number of piperidine rings is 3. The summed E-state index contributed by atoms with van der Waals surface area (Å²) in [7, 11) is 0. The molecule has 15 heavy (non-hydrogen) atoms. The molecule has 0 aliphatic carbocycles. The van der Waals surface area contributed by atoms with E-state index in [1.807, 2.05) is 11.4 Å². The lowest BCUT2D eigenvalue weighted by atomic mass is 9.84. The second kappa shape index (κ2) is 3.49. The van der Waals surface area contributed by atoms with Gasteiger partial charge in [-0.05, 0) is 30.4 Å². The molecule has 0 N–H and O–H groups in total. The first kappa shape index (κ1) is 9.16. The fourth-order valence-electron chi connectivity index (χ4n) is 2.42. The van der Waals surface area contributed by atoms with Gasteiger partial charge in [-0.2, -0.15) is 0 Å². The van der Waals surface area contributed by atoms with E-state index in [-0.39, 0.29) is 0 Å². The predicted molar refractivity (Wildman–Crippen MR) is 61.6 cm³/mol. The van der Waals surface area contributed by atoms with Gasteiger partial charge in [0, 0.05) is 23.9 Å². The number of carbonyl (C=O) groups is 1. The van der Waals surface area contributed by atoms with Crippen LogP contribution in [-0.4, -0.2) is 23.8 Å². The second-order valence-corrected chi connectivity index (χ2v) is 5.15. The number of fused-ring (bicyclic) bond motifs is 3. The minimum atomic E-state index is 0.307. The first-order valence-electron chi connectivity index (χ1n) is 5.39. The monoisotopic (exact) mass is 219 g/mol. The number of rotatable bonds is 1. The highest BCUT2D eigenvalue weighted by molar-refractivity contribution is 7.10. The Kier molecular flexibility index (Phi) is 2.13. The van der Waals surface area contributed by atoms with Crippen LogP contribution in [0.2, 0.25) is 0 Å². The number of carbonyl (C=O) groups excluding carboxylic acids is 1. The third-order valence-corrected chi connectivity index (χ3v) is 4.10. The van der Waals surface area contributed by atoms with E-state index in [0.29, 0.717) is 11.7 Å². The molecule has 1 aromatic rings. The maximum absolute atomic E-state index is 12.0. The van der Waals surface area contributed by atoms with Crippen LogP contribution in [0, 0.1) is 5.92 Å². The Bertz CT molecular complexity index is 399. The Morgan fingerprint density at radius 2 is 2.20 bits per heavy atom. The molecular formula is C12H13NOS. The molecule has 0 aromatic carbocycles. The van der Waals surface area contributed by atoms with Crippen LogP contribution in [0.15, 0.2) is 23.2 Å². The molecule has 0 amide bonds. The van der Waals surface area contributed by atoms with E-state index in [4.69, 9.17) is 0 Å². The van der Waals surface area contributed by atoms with Crippen LogP contribution in [0.1, 0.15) is 17.7 Å². The molecule has 0 radical (unpaired) electrons. The molecule has 3 heteroatoms. The fraction of sp³-hybridized carbons (Fsp3) is 0.417. The van der Waals surface area contributed by atoms with Gasteiger partial charge in [0.05, 0.1) is 5.70 Å². The second-order valence-electron chi connectivity index (χ2n) is 4.17. The Morgan fingerprint density at radius 1 is 1.40 bits per heavy atom. The molecule has 0 spiro atoms. The third kappa shape index (κ3) is 1.51. The van der Waals surface area contributed by atoms with Crippen LogP contribution in [0.5, 0.6) is 0 Å². The van der Waals surface area contributed by atoms with Gasteiger partial charge >= 0.3 is 0 Å². The minimum Gasteiger partial charge on any atom is -0.369 e. The molecule has 2 nitrogen and oxygen atoms in total. The number of hydrogen-bond donors (Lipinski definition) is 0. The summed E-state index contributed by atoms with van der Waals surface area (Å²) >= 11 is 1.69. The number of hydrogen-bond acceptors (Lipinski definition) is 3. The van der Waals surface area contributed by atoms with Crippen LogP contribution in [0.25, 0.3) is 6.08 Å². The van der Waals surface area contributed by atoms with Crippen molar-refractivity contribution in [1.82, 2.24) is 4.90 Å². The highest BCUT2D eigenvalue weighted by atomic mass is 32.1. The van der Waals surface area contributed by atoms with E-state index in [1.165, 1.54) is 4.88 Å². The topological polar surface area (TPSA) is 20.3 Å². The summed E-state index contributed by atoms with van der Waals surface area (Å²) in [5, 5.41) is 2.05. The molecule has 78 valence electrons. The van der Waals surface area contributed by atoms with E-state index in [2.05, 4.69) is 17.0 Å². The molecule has 3 saturated heterocycles. The van der Waals surface area contributed by atoms with E-state index >= 15 is 0 Å². The number of ketones is 1. The van der Waals surface area contributed by atoms with Crippen LogP contribution in [-0.2, 0) is 4.79 Å². The lowest BCUT2D eigenvalue weighted by Crippen LogP contribution is -2.45. The first-order chi connectivity index (χ1) is 7.34. The standard InChI is InChI=1S/C12H13NOS/c14-12-9-3-5-13(6-4-9)11(12)8-10-2-1-7-15-10/h1-2,7-9H,3-6H2/b11-8+. The van der Waals surface area contributed by atoms with Crippen LogP contribution in [0.4, 0.5) is 0 Å². The zero-order chi connectivity index (χ0) is 10.3. The van der Waals surface area contributed by atoms with E-state index in [9.17, 15) is 4.79 Å². The van der Waals surface area contributed by atoms with E-state index < -0.39 is 0 Å². The summed E-state index contributed by atoms with van der Waals surface area (Å²) < 4.78 is 0. The molecule has 0 saturated carbocycles. The maximum Gasteiger partial charge on any atom is 0.182 e. The molecule has 2 bridgehead atoms. The number of Topliss-reactive ketones (excluding diaryl/α,β-unsaturated/α-hetero) is 1. The van der Waals surface area contributed by atoms with Gasteiger partial charge in [0.2, 0.25) is 0 Å². The molecule has 0 atom stereocenters. The quantitative estimate of drug-likeness (QED) is 0.676. The molecule has 1 aromatic heterocycles. The van der Waals surface area contributed by atoms with Gasteiger partial charge in [-0.3, -0.25) is 4.79 Å². The Hall–Kier alpha value is -1.09. The number of nitrogens with zero attached hydrogens (tertiary/aromatic N) is 1. The van der Waals surface area contributed by atoms with Crippen molar-refractivity contribution < 1.29 is 4.79 Å². The zero-order valence-corrected chi connectivity index (χ0v) is 9.30. The largest absolute Gasteiger partial charge is 0.369 e. The normalized spacial score (nSPS) is 24.1. The molecule has 0 unspecified atom stereocenters. The smallest absolute Gasteiger partial charge is 0.182 e. The van der Waals surface area contributed by atoms with Gasteiger partial charge in [-0.1, -0.05) is 6.07 Å². The van der Waals surface area contributed by atoms with Gasteiger partial charge in [-0.25, -0.2) is 0 Å². The van der Waals surface area contributed by atoms with E-state index in [1.54, 1.807) is 11.3 Å². The van der Waals surface area contributed by atoms with Gasteiger partial charge in [0.1, 0.15) is 0 Å². The molecule has 3 fully saturated rings. The van der Waals surface area contributed by atoms with Gasteiger partial charge in [-0.15, -0.1) is 11.3 Å². The predicted octanol–water partition coefficient (Wildman–Crippen LogP) is 2.38. The summed E-state index contributed by atoms with van der Waals surface area (Å²) in [6, 6.07) is 4.09. The molecular weight excluding hydrogens is 206 g/mol. The van der Waals surface area contributed by atoms with Crippen molar-refractivity contribution in [2.24, 2.45) is 5.92 Å². The first-order valence-corrected chi connectivity index (χ1v) is 6.27. The van der Waals surface area contributed by atoms with Crippen molar-refractivity contribution in [3.63, 3.8) is 0 Å². The van der Waals surface area contributed by atoms with Crippen LogP contribution >= 0.6 is 11.3 Å². The minimum absolute atomic E-state index is 0.307. The number of thiophene rings is 1. The molecule has 4 rings (SSSR count). The Labute approximate surface area is 93.2 Å². The van der Waals surface area contributed by atoms with Crippen molar-refractivity contribution >= 4 is 23.2 Å². The van der Waals surface area contributed by atoms with Gasteiger partial charge in [0.25, 0.3) is 0 Å². The maximum atomic E-state index is 12.0. The highest BCUT2D eigenvalue weighted by Gasteiger charge is 2.36. The zero-order valence-electron chi connectivity index (χ0n) is 8.48. The van der Waals surface area contributed by atoms with Crippen molar-refractivity contribution in [2.45, 2.75) is 12.8 Å². The number of allylic oxidation sites excluding steroid dienone is 1. The lowest BCUT2D eigenvalue weighted by Gasteiger charge is -2.41. The summed E-state index contributed by atoms with van der Waals surface area (Å²) in [5.41, 5.74) is 0.944. The molecule has 4 heterocycles. The van der Waals surface area contributed by atoms with Crippen molar-refractivity contribution in [2.75, 3.05) is 13.1 Å². The molecule has 3 aliphatic rings. The van der Waals surface area contributed by atoms with Crippen LogP contribution < -0.4 is 0 Å². The summed E-state index contributed by atoms with van der Waals surface area (Å²) in [5.74, 6) is 0.669. The average molecular weight is 219 g/mol. The summed E-state index contributed by atoms with van der Waals surface area (Å²) in [6.45, 7) is 2.13. The average Bonchev–Trinajstić information content (AvgIpc) is 2.77. The SMILES string of the molecule is O=C1/C(=C\c2cccs2)N2CCC1CC2. The summed E-state index contributed by atoms with van der Waals surface area (Å²) in [6.07, 6.45) is 4.17. The van der Waals surface area contributed by atoms with Crippen LogP contribution in [0.3, 0.4) is 0 Å². The molecule has 3 aliphatic heterocycles. The summed E-state index contributed by atoms with van der Waals surface area (Å²) in [4.78, 5) is 15.4. The Morgan fingerprint density at radius 3 is 2.80 bits per heavy atom. The van der Waals surface area contributed by atoms with Gasteiger partial charge < -0.3 is 4.90 Å².